The van der Waals surface area contributed by atoms with E-state index >= 15 is 0 Å². The van der Waals surface area contributed by atoms with Crippen molar-refractivity contribution >= 4 is 12.1 Å². The van der Waals surface area contributed by atoms with Gasteiger partial charge >= 0.3 is 0 Å². The summed E-state index contributed by atoms with van der Waals surface area (Å²) in [6, 6.07) is 1.08. The highest BCUT2D eigenvalue weighted by Gasteiger charge is 2.45. The molecule has 0 radical (unpaired) electrons. The van der Waals surface area contributed by atoms with E-state index in [2.05, 4.69) is 4.98 Å². The highest BCUT2D eigenvalue weighted by molar-refractivity contribution is 5.91. The molecular weight excluding hydrogens is 238 g/mol. The van der Waals surface area contributed by atoms with E-state index in [4.69, 9.17) is 9.94 Å². The van der Waals surface area contributed by atoms with E-state index in [1.54, 1.807) is 0 Å². The monoisotopic (exact) mass is 249 g/mol. The summed E-state index contributed by atoms with van der Waals surface area (Å²) in [6.07, 6.45) is 5.46. The maximum absolute atomic E-state index is 11.9. The number of hydroxylamine groups is 1. The SMILES string of the molecule is O=C(NO)c1cc(=O)n2c(n1)C1(CCC1)OC=C2. The Kier molecular flexibility index (Phi) is 2.24. The number of hydrogen-bond acceptors (Lipinski definition) is 5. The zero-order valence-corrected chi connectivity index (χ0v) is 9.42. The van der Waals surface area contributed by atoms with Gasteiger partial charge in [0.2, 0.25) is 0 Å². The Morgan fingerprint density at radius 2 is 2.33 bits per heavy atom. The van der Waals surface area contributed by atoms with Crippen LogP contribution in [-0.4, -0.2) is 20.7 Å². The number of amides is 1. The molecule has 2 aliphatic rings. The minimum Gasteiger partial charge on any atom is -0.485 e. The van der Waals surface area contributed by atoms with Crippen LogP contribution in [0.4, 0.5) is 0 Å². The molecule has 1 aliphatic carbocycles. The molecule has 0 atom stereocenters. The van der Waals surface area contributed by atoms with Crippen molar-refractivity contribution in [2.45, 2.75) is 24.9 Å². The van der Waals surface area contributed by atoms with Crippen LogP contribution in [0.2, 0.25) is 0 Å². The fourth-order valence-corrected chi connectivity index (χ4v) is 2.24. The van der Waals surface area contributed by atoms with Crippen LogP contribution < -0.4 is 11.0 Å². The predicted octanol–water partition coefficient (Wildman–Crippen LogP) is 0.200. The van der Waals surface area contributed by atoms with Crippen molar-refractivity contribution in [3.05, 3.63) is 34.2 Å². The highest BCUT2D eigenvalue weighted by Crippen LogP contribution is 2.45. The van der Waals surface area contributed by atoms with Gasteiger partial charge in [0, 0.05) is 12.3 Å². The van der Waals surface area contributed by atoms with Crippen molar-refractivity contribution in [2.75, 3.05) is 0 Å². The Balaban J connectivity index is 2.19. The third-order valence-electron chi connectivity index (χ3n) is 3.36. The van der Waals surface area contributed by atoms with Crippen LogP contribution in [-0.2, 0) is 10.3 Å². The second kappa shape index (κ2) is 3.67. The lowest BCUT2D eigenvalue weighted by molar-refractivity contribution is -0.0653. The maximum Gasteiger partial charge on any atom is 0.293 e. The summed E-state index contributed by atoms with van der Waals surface area (Å²) in [5.74, 6) is -0.387. The molecule has 7 heteroatoms. The third kappa shape index (κ3) is 1.37. The predicted molar refractivity (Wildman–Crippen MR) is 59.7 cm³/mol. The van der Waals surface area contributed by atoms with Gasteiger partial charge in [-0.25, -0.2) is 10.5 Å². The topological polar surface area (TPSA) is 93.5 Å². The van der Waals surface area contributed by atoms with Gasteiger partial charge in [0.1, 0.15) is 12.0 Å². The maximum atomic E-state index is 11.9. The molecule has 1 aliphatic heterocycles. The number of aromatic nitrogens is 2. The molecular formula is C11H11N3O4. The van der Waals surface area contributed by atoms with Gasteiger partial charge in [-0.2, -0.15) is 0 Å². The molecule has 1 fully saturated rings. The first kappa shape index (κ1) is 11.0. The molecule has 0 aromatic carbocycles. The Hall–Kier alpha value is -2.15. The van der Waals surface area contributed by atoms with Crippen molar-refractivity contribution in [1.29, 1.82) is 0 Å². The Bertz CT molecular complexity index is 601. The number of rotatable bonds is 1. The lowest BCUT2D eigenvalue weighted by Crippen LogP contribution is -2.44. The van der Waals surface area contributed by atoms with E-state index in [0.717, 1.165) is 25.3 Å². The van der Waals surface area contributed by atoms with Crippen LogP contribution in [0.1, 0.15) is 35.6 Å². The molecule has 1 saturated carbocycles. The van der Waals surface area contributed by atoms with E-state index in [9.17, 15) is 9.59 Å². The van der Waals surface area contributed by atoms with Gasteiger partial charge in [0.05, 0.1) is 0 Å². The number of hydrogen-bond donors (Lipinski definition) is 2. The summed E-state index contributed by atoms with van der Waals surface area (Å²) >= 11 is 0. The van der Waals surface area contributed by atoms with Crippen molar-refractivity contribution in [1.82, 2.24) is 15.0 Å². The van der Waals surface area contributed by atoms with Crippen LogP contribution >= 0.6 is 0 Å². The van der Waals surface area contributed by atoms with Crippen LogP contribution in [0.15, 0.2) is 17.1 Å². The van der Waals surface area contributed by atoms with Crippen molar-refractivity contribution in [3.63, 3.8) is 0 Å². The number of carbonyl (C=O) groups excluding carboxylic acids is 1. The zero-order chi connectivity index (χ0) is 12.8. The molecule has 94 valence electrons. The van der Waals surface area contributed by atoms with Crippen LogP contribution in [0, 0.1) is 0 Å². The summed E-state index contributed by atoms with van der Waals surface area (Å²) in [5.41, 5.74) is 0.390. The second-order valence-electron chi connectivity index (χ2n) is 4.37. The molecule has 0 saturated heterocycles. The molecule has 7 nitrogen and oxygen atoms in total. The van der Waals surface area contributed by atoms with Gasteiger partial charge in [-0.15, -0.1) is 0 Å². The lowest BCUT2D eigenvalue weighted by Gasteiger charge is -2.42. The molecule has 1 aromatic heterocycles. The molecule has 0 unspecified atom stereocenters. The van der Waals surface area contributed by atoms with E-state index in [-0.39, 0.29) is 11.3 Å². The van der Waals surface area contributed by atoms with Gasteiger partial charge in [-0.3, -0.25) is 19.4 Å². The number of fused-ring (bicyclic) bond motifs is 2. The average Bonchev–Trinajstić information content (AvgIpc) is 2.35. The molecule has 2 heterocycles. The van der Waals surface area contributed by atoms with Gasteiger partial charge in [0.15, 0.2) is 11.4 Å². The standard InChI is InChI=1S/C11H11N3O4/c15-8-6-7(9(16)13-17)12-10-11(2-1-3-11)18-5-4-14(8)10/h4-6,17H,1-3H2,(H,13,16). The largest absolute Gasteiger partial charge is 0.485 e. The van der Waals surface area contributed by atoms with E-state index in [1.165, 1.54) is 22.5 Å². The van der Waals surface area contributed by atoms with E-state index in [1.807, 2.05) is 0 Å². The van der Waals surface area contributed by atoms with Gasteiger partial charge < -0.3 is 4.74 Å². The first-order chi connectivity index (χ1) is 8.66. The number of nitrogens with zero attached hydrogens (tertiary/aromatic N) is 2. The normalized spacial score (nSPS) is 18.7. The zero-order valence-electron chi connectivity index (χ0n) is 9.42. The minimum absolute atomic E-state index is 0.112. The first-order valence-electron chi connectivity index (χ1n) is 5.59. The first-order valence-corrected chi connectivity index (χ1v) is 5.59. The Morgan fingerprint density at radius 1 is 1.56 bits per heavy atom. The van der Waals surface area contributed by atoms with Crippen molar-refractivity contribution in [3.8, 4) is 0 Å². The second-order valence-corrected chi connectivity index (χ2v) is 4.37. The molecule has 0 bridgehead atoms. The van der Waals surface area contributed by atoms with Crippen LogP contribution in [0.5, 0.6) is 0 Å². The lowest BCUT2D eigenvalue weighted by atomic mass is 9.78. The summed E-state index contributed by atoms with van der Waals surface area (Å²) < 4.78 is 6.93. The van der Waals surface area contributed by atoms with Gasteiger partial charge in [-0.05, 0) is 19.3 Å². The van der Waals surface area contributed by atoms with Gasteiger partial charge in [0.25, 0.3) is 11.5 Å². The smallest absolute Gasteiger partial charge is 0.293 e. The summed E-state index contributed by atoms with van der Waals surface area (Å²) in [6.45, 7) is 0. The number of nitrogens with one attached hydrogen (secondary N) is 1. The summed E-state index contributed by atoms with van der Waals surface area (Å²) in [4.78, 5) is 27.4. The van der Waals surface area contributed by atoms with Crippen molar-refractivity contribution in [2.24, 2.45) is 0 Å². The Morgan fingerprint density at radius 3 is 2.94 bits per heavy atom. The number of ether oxygens (including phenoxy) is 1. The third-order valence-corrected chi connectivity index (χ3v) is 3.36. The summed E-state index contributed by atoms with van der Waals surface area (Å²) in [5, 5.41) is 8.59. The van der Waals surface area contributed by atoms with Crippen LogP contribution in [0.25, 0.3) is 6.20 Å². The Labute approximate surface area is 102 Å². The minimum atomic E-state index is -0.806. The van der Waals surface area contributed by atoms with E-state index in [0.29, 0.717) is 5.82 Å². The van der Waals surface area contributed by atoms with Crippen molar-refractivity contribution < 1.29 is 14.7 Å². The quantitative estimate of drug-likeness (QED) is 0.547. The van der Waals surface area contributed by atoms with Gasteiger partial charge in [-0.1, -0.05) is 0 Å². The molecule has 1 amide bonds. The van der Waals surface area contributed by atoms with Crippen LogP contribution in [0.3, 0.4) is 0 Å². The highest BCUT2D eigenvalue weighted by atomic mass is 16.5. The molecule has 18 heavy (non-hydrogen) atoms. The average molecular weight is 249 g/mol. The van der Waals surface area contributed by atoms with E-state index < -0.39 is 11.5 Å². The fourth-order valence-electron chi connectivity index (χ4n) is 2.24. The molecule has 1 aromatic rings. The fraction of sp³-hybridized carbons (Fsp3) is 0.364. The summed E-state index contributed by atoms with van der Waals surface area (Å²) in [7, 11) is 0. The molecule has 2 N–H and O–H groups in total. The number of carbonyl (C=O) groups is 1. The molecule has 3 rings (SSSR count). The molecule has 1 spiro atoms.